The molecule has 1 fully saturated rings. The monoisotopic (exact) mass is 388 g/mol. The lowest BCUT2D eigenvalue weighted by Gasteiger charge is -2.39. The van der Waals surface area contributed by atoms with Crippen LogP contribution in [0, 0.1) is 0 Å². The molecule has 2 aromatic rings. The van der Waals surface area contributed by atoms with Crippen molar-refractivity contribution in [3.8, 4) is 11.5 Å². The van der Waals surface area contributed by atoms with Crippen LogP contribution in [0.1, 0.15) is 17.3 Å². The minimum atomic E-state index is -0.589. The minimum absolute atomic E-state index is 0.160. The molecule has 6 nitrogen and oxygen atoms in total. The van der Waals surface area contributed by atoms with E-state index in [2.05, 4.69) is 0 Å². The minimum Gasteiger partial charge on any atom is -0.497 e. The van der Waals surface area contributed by atoms with Crippen molar-refractivity contribution in [1.29, 1.82) is 0 Å². The van der Waals surface area contributed by atoms with E-state index in [1.165, 1.54) is 0 Å². The van der Waals surface area contributed by atoms with E-state index < -0.39 is 6.04 Å². The number of amides is 2. The van der Waals surface area contributed by atoms with Gasteiger partial charge in [0.05, 0.1) is 19.9 Å². The van der Waals surface area contributed by atoms with Crippen LogP contribution in [0.2, 0.25) is 5.02 Å². The Morgan fingerprint density at radius 2 is 1.78 bits per heavy atom. The van der Waals surface area contributed by atoms with Gasteiger partial charge in [0.25, 0.3) is 5.91 Å². The fraction of sp³-hybridized carbons (Fsp3) is 0.300. The molecule has 0 aliphatic carbocycles. The summed E-state index contributed by atoms with van der Waals surface area (Å²) in [4.78, 5) is 29.0. The molecular weight excluding hydrogens is 368 g/mol. The molecule has 0 saturated carbocycles. The molecule has 1 aliphatic rings. The van der Waals surface area contributed by atoms with Crippen molar-refractivity contribution >= 4 is 29.1 Å². The number of piperazine rings is 1. The second kappa shape index (κ2) is 7.88. The number of ether oxygens (including phenoxy) is 2. The maximum Gasteiger partial charge on any atom is 0.254 e. The van der Waals surface area contributed by atoms with Crippen LogP contribution in [0.25, 0.3) is 0 Å². The summed E-state index contributed by atoms with van der Waals surface area (Å²) in [5.74, 6) is 0.848. The van der Waals surface area contributed by atoms with E-state index in [0.717, 1.165) is 0 Å². The van der Waals surface area contributed by atoms with Crippen LogP contribution >= 0.6 is 11.6 Å². The number of anilines is 1. The van der Waals surface area contributed by atoms with E-state index in [-0.39, 0.29) is 11.8 Å². The van der Waals surface area contributed by atoms with Gasteiger partial charge in [-0.25, -0.2) is 0 Å². The summed E-state index contributed by atoms with van der Waals surface area (Å²) < 4.78 is 10.6. The lowest BCUT2D eigenvalue weighted by molar-refractivity contribution is -0.124. The summed E-state index contributed by atoms with van der Waals surface area (Å²) in [5.41, 5.74) is 1.17. The van der Waals surface area contributed by atoms with Crippen molar-refractivity contribution < 1.29 is 19.1 Å². The highest BCUT2D eigenvalue weighted by Gasteiger charge is 2.36. The molecule has 142 valence electrons. The molecule has 0 bridgehead atoms. The Bertz CT molecular complexity index is 854. The lowest BCUT2D eigenvalue weighted by Crippen LogP contribution is -2.57. The molecule has 0 unspecified atom stereocenters. The molecule has 27 heavy (non-hydrogen) atoms. The van der Waals surface area contributed by atoms with Gasteiger partial charge in [-0.1, -0.05) is 11.6 Å². The molecule has 0 radical (unpaired) electrons. The Kier molecular flexibility index (Phi) is 5.56. The van der Waals surface area contributed by atoms with Crippen LogP contribution in [0.15, 0.2) is 42.5 Å². The number of carbonyl (C=O) groups is 2. The van der Waals surface area contributed by atoms with Crippen LogP contribution in [0.4, 0.5) is 5.69 Å². The molecule has 0 N–H and O–H groups in total. The average Bonchev–Trinajstić information content (AvgIpc) is 2.69. The van der Waals surface area contributed by atoms with Crippen molar-refractivity contribution in [1.82, 2.24) is 4.90 Å². The van der Waals surface area contributed by atoms with E-state index in [1.807, 2.05) is 0 Å². The van der Waals surface area contributed by atoms with Crippen molar-refractivity contribution in [3.05, 3.63) is 53.1 Å². The molecule has 0 spiro atoms. The van der Waals surface area contributed by atoms with Gasteiger partial charge in [-0.05, 0) is 43.3 Å². The van der Waals surface area contributed by atoms with Gasteiger partial charge in [0.1, 0.15) is 17.5 Å². The lowest BCUT2D eigenvalue weighted by atomic mass is 10.1. The Hall–Kier alpha value is -2.73. The number of hydrogen-bond acceptors (Lipinski definition) is 4. The fourth-order valence-corrected chi connectivity index (χ4v) is 3.28. The highest BCUT2D eigenvalue weighted by Crippen LogP contribution is 2.34. The molecule has 1 saturated heterocycles. The number of methoxy groups -OCH3 is 2. The summed E-state index contributed by atoms with van der Waals surface area (Å²) in [5, 5.41) is 0.562. The summed E-state index contributed by atoms with van der Waals surface area (Å²) in [6, 6.07) is 11.4. The largest absolute Gasteiger partial charge is 0.497 e. The first-order chi connectivity index (χ1) is 13.0. The summed E-state index contributed by atoms with van der Waals surface area (Å²) >= 11 is 5.88. The molecule has 7 heteroatoms. The van der Waals surface area contributed by atoms with Gasteiger partial charge < -0.3 is 19.3 Å². The first-order valence-corrected chi connectivity index (χ1v) is 8.94. The quantitative estimate of drug-likeness (QED) is 0.806. The Balaban J connectivity index is 1.82. The fourth-order valence-electron chi connectivity index (χ4n) is 3.15. The predicted molar refractivity (Wildman–Crippen MR) is 104 cm³/mol. The Morgan fingerprint density at radius 3 is 2.41 bits per heavy atom. The van der Waals surface area contributed by atoms with Gasteiger partial charge in [-0.3, -0.25) is 9.59 Å². The van der Waals surface area contributed by atoms with Crippen LogP contribution < -0.4 is 14.4 Å². The third kappa shape index (κ3) is 3.71. The third-order valence-electron chi connectivity index (χ3n) is 4.69. The topological polar surface area (TPSA) is 59.1 Å². The van der Waals surface area contributed by atoms with Gasteiger partial charge in [-0.2, -0.15) is 0 Å². The maximum atomic E-state index is 13.0. The van der Waals surface area contributed by atoms with E-state index in [1.54, 1.807) is 73.4 Å². The number of rotatable bonds is 4. The SMILES string of the molecule is COc1ccc(N2CCN(C(=O)c3ccc(Cl)cc3)[C@@H](C)C2=O)c(OC)c1. The van der Waals surface area contributed by atoms with Gasteiger partial charge in [0.15, 0.2) is 0 Å². The highest BCUT2D eigenvalue weighted by molar-refractivity contribution is 6.30. The van der Waals surface area contributed by atoms with Crippen LogP contribution in [-0.4, -0.2) is 50.1 Å². The molecule has 1 aliphatic heterocycles. The zero-order valence-corrected chi connectivity index (χ0v) is 16.2. The van der Waals surface area contributed by atoms with E-state index in [4.69, 9.17) is 21.1 Å². The molecule has 1 atom stereocenters. The first kappa shape index (κ1) is 19.0. The molecule has 2 amide bonds. The van der Waals surface area contributed by atoms with Gasteiger partial charge >= 0.3 is 0 Å². The van der Waals surface area contributed by atoms with E-state index in [0.29, 0.717) is 40.9 Å². The molecule has 3 rings (SSSR count). The summed E-state index contributed by atoms with van der Waals surface area (Å²) in [6.45, 7) is 2.53. The van der Waals surface area contributed by atoms with Crippen LogP contribution in [0.3, 0.4) is 0 Å². The van der Waals surface area contributed by atoms with Crippen molar-refractivity contribution in [2.24, 2.45) is 0 Å². The maximum absolute atomic E-state index is 13.0. The number of carbonyl (C=O) groups excluding carboxylic acids is 2. The molecule has 2 aromatic carbocycles. The Labute approximate surface area is 163 Å². The van der Waals surface area contributed by atoms with Crippen LogP contribution in [0.5, 0.6) is 11.5 Å². The molecular formula is C20H21ClN2O4. The van der Waals surface area contributed by atoms with Crippen molar-refractivity contribution in [3.63, 3.8) is 0 Å². The van der Waals surface area contributed by atoms with E-state index in [9.17, 15) is 9.59 Å². The number of nitrogens with zero attached hydrogens (tertiary/aromatic N) is 2. The highest BCUT2D eigenvalue weighted by atomic mass is 35.5. The standard InChI is InChI=1S/C20H21ClN2O4/c1-13-19(24)23(17-9-8-16(26-2)12-18(17)27-3)11-10-22(13)20(25)14-4-6-15(21)7-5-14/h4-9,12-13H,10-11H2,1-3H3/t13-/m0/s1. The number of hydrogen-bond donors (Lipinski definition) is 0. The number of halogens is 1. The summed E-state index contributed by atoms with van der Waals surface area (Å²) in [6.07, 6.45) is 0. The molecule has 1 heterocycles. The summed E-state index contributed by atoms with van der Waals surface area (Å²) in [7, 11) is 3.12. The van der Waals surface area contributed by atoms with Gasteiger partial charge in [0.2, 0.25) is 5.91 Å². The molecule has 0 aromatic heterocycles. The van der Waals surface area contributed by atoms with Crippen LogP contribution in [-0.2, 0) is 4.79 Å². The third-order valence-corrected chi connectivity index (χ3v) is 4.94. The second-order valence-corrected chi connectivity index (χ2v) is 6.65. The van der Waals surface area contributed by atoms with Crippen molar-refractivity contribution in [2.45, 2.75) is 13.0 Å². The van der Waals surface area contributed by atoms with Gasteiger partial charge in [-0.15, -0.1) is 0 Å². The average molecular weight is 389 g/mol. The van der Waals surface area contributed by atoms with E-state index >= 15 is 0 Å². The number of benzene rings is 2. The second-order valence-electron chi connectivity index (χ2n) is 6.21. The smallest absolute Gasteiger partial charge is 0.254 e. The zero-order chi connectivity index (χ0) is 19.6. The zero-order valence-electron chi connectivity index (χ0n) is 15.4. The normalized spacial score (nSPS) is 17.0. The first-order valence-electron chi connectivity index (χ1n) is 8.56. The Morgan fingerprint density at radius 1 is 1.07 bits per heavy atom. The van der Waals surface area contributed by atoms with Crippen molar-refractivity contribution in [2.75, 3.05) is 32.2 Å². The predicted octanol–water partition coefficient (Wildman–Crippen LogP) is 3.23. The van der Waals surface area contributed by atoms with Gasteiger partial charge in [0, 0.05) is 29.7 Å².